The minimum absolute atomic E-state index is 0.101. The maximum atomic E-state index is 10.9. The first-order valence-electron chi connectivity index (χ1n) is 5.54. The van der Waals surface area contributed by atoms with E-state index in [-0.39, 0.29) is 18.5 Å². The fraction of sp³-hybridized carbons (Fsp3) is 0.250. The molecular formula is C12H13NO7. The Labute approximate surface area is 113 Å². The van der Waals surface area contributed by atoms with Gasteiger partial charge in [0.1, 0.15) is 0 Å². The Morgan fingerprint density at radius 3 is 1.90 bits per heavy atom. The second kappa shape index (κ2) is 6.02. The highest BCUT2D eigenvalue weighted by atomic mass is 16.4. The van der Waals surface area contributed by atoms with Crippen LogP contribution in [0, 0.1) is 0 Å². The van der Waals surface area contributed by atoms with Crippen LogP contribution in [0.4, 0.5) is 5.69 Å². The summed E-state index contributed by atoms with van der Waals surface area (Å²) in [5.74, 6) is -4.76. The smallest absolute Gasteiger partial charge is 0.352 e. The molecule has 0 aromatic heterocycles. The molecule has 0 atom stereocenters. The molecule has 0 aliphatic heterocycles. The second-order valence-corrected chi connectivity index (χ2v) is 3.97. The van der Waals surface area contributed by atoms with Gasteiger partial charge in [0.25, 0.3) is 5.60 Å². The van der Waals surface area contributed by atoms with E-state index in [2.05, 4.69) is 5.32 Å². The van der Waals surface area contributed by atoms with E-state index in [0.717, 1.165) is 12.1 Å². The lowest BCUT2D eigenvalue weighted by molar-refractivity contribution is -0.177. The molecular weight excluding hydrogens is 270 g/mol. The van der Waals surface area contributed by atoms with Gasteiger partial charge in [-0.3, -0.25) is 4.79 Å². The second-order valence-electron chi connectivity index (χ2n) is 3.97. The van der Waals surface area contributed by atoms with Crippen molar-refractivity contribution >= 4 is 23.6 Å². The quantitative estimate of drug-likeness (QED) is 0.437. The number of nitrogens with one attached hydrogen (secondary N) is 1. The van der Waals surface area contributed by atoms with Gasteiger partial charge in [-0.05, 0) is 12.1 Å². The Morgan fingerprint density at radius 2 is 1.50 bits per heavy atom. The summed E-state index contributed by atoms with van der Waals surface area (Å²) in [7, 11) is 0. The Balaban J connectivity index is 2.87. The van der Waals surface area contributed by atoms with Crippen molar-refractivity contribution in [2.45, 2.75) is 12.0 Å². The van der Waals surface area contributed by atoms with E-state index in [9.17, 15) is 19.5 Å². The molecule has 0 aliphatic carbocycles. The van der Waals surface area contributed by atoms with Crippen molar-refractivity contribution in [1.29, 1.82) is 0 Å². The number of carboxylic acid groups (broad SMARTS) is 3. The van der Waals surface area contributed by atoms with Gasteiger partial charge in [0.2, 0.25) is 0 Å². The van der Waals surface area contributed by atoms with Crippen LogP contribution >= 0.6 is 0 Å². The maximum Gasteiger partial charge on any atom is 0.352 e. The summed E-state index contributed by atoms with van der Waals surface area (Å²) >= 11 is 0. The van der Waals surface area contributed by atoms with E-state index >= 15 is 0 Å². The highest BCUT2D eigenvalue weighted by Gasteiger charge is 2.46. The normalized spacial score (nSPS) is 10.8. The van der Waals surface area contributed by atoms with Crippen LogP contribution in [0.1, 0.15) is 12.0 Å². The van der Waals surface area contributed by atoms with E-state index in [1.165, 1.54) is 12.1 Å². The molecule has 0 fully saturated rings. The van der Waals surface area contributed by atoms with E-state index in [0.29, 0.717) is 5.69 Å². The van der Waals surface area contributed by atoms with E-state index in [4.69, 9.17) is 15.3 Å². The number of aliphatic hydroxyl groups is 1. The van der Waals surface area contributed by atoms with E-state index in [1.54, 1.807) is 0 Å². The molecule has 8 heteroatoms. The topological polar surface area (TPSA) is 144 Å². The van der Waals surface area contributed by atoms with Crippen molar-refractivity contribution in [3.63, 3.8) is 0 Å². The molecule has 1 aromatic rings. The number of rotatable bonds is 7. The molecule has 0 unspecified atom stereocenters. The molecule has 1 aromatic carbocycles. The lowest BCUT2D eigenvalue weighted by atomic mass is 9.94. The van der Waals surface area contributed by atoms with Crippen LogP contribution in [0.15, 0.2) is 24.3 Å². The van der Waals surface area contributed by atoms with Gasteiger partial charge in [-0.2, -0.15) is 0 Å². The van der Waals surface area contributed by atoms with Gasteiger partial charge in [-0.1, -0.05) is 12.1 Å². The maximum absolute atomic E-state index is 10.9. The number of hydrogen-bond acceptors (Lipinski definition) is 5. The highest BCUT2D eigenvalue weighted by Crippen LogP contribution is 2.23. The Morgan fingerprint density at radius 1 is 1.00 bits per heavy atom. The number of hydrogen-bond donors (Lipinski definition) is 5. The molecule has 0 aliphatic rings. The SMILES string of the molecule is O=C(O)CCNc1ccc(C(O)(C(=O)O)C(=O)O)cc1. The van der Waals surface area contributed by atoms with Crippen molar-refractivity contribution in [2.24, 2.45) is 0 Å². The van der Waals surface area contributed by atoms with Gasteiger partial charge in [0, 0.05) is 17.8 Å². The highest BCUT2D eigenvalue weighted by molar-refractivity contribution is 6.02. The van der Waals surface area contributed by atoms with Crippen LogP contribution in [-0.2, 0) is 20.0 Å². The Kier molecular flexibility index (Phi) is 4.65. The van der Waals surface area contributed by atoms with Gasteiger partial charge in [0.05, 0.1) is 6.42 Å². The Hall–Kier alpha value is -2.61. The minimum Gasteiger partial charge on any atom is -0.481 e. The number of aliphatic carboxylic acids is 3. The molecule has 0 bridgehead atoms. The summed E-state index contributed by atoms with van der Waals surface area (Å²) in [5, 5.41) is 38.5. The van der Waals surface area contributed by atoms with Gasteiger partial charge >= 0.3 is 17.9 Å². The van der Waals surface area contributed by atoms with Crippen LogP contribution < -0.4 is 5.32 Å². The molecule has 5 N–H and O–H groups in total. The zero-order chi connectivity index (χ0) is 15.3. The predicted octanol–water partition coefficient (Wildman–Crippen LogP) is -0.0700. The third-order valence-electron chi connectivity index (χ3n) is 2.59. The molecule has 0 saturated carbocycles. The molecule has 0 spiro atoms. The largest absolute Gasteiger partial charge is 0.481 e. The zero-order valence-electron chi connectivity index (χ0n) is 10.2. The summed E-state index contributed by atoms with van der Waals surface area (Å²) in [4.78, 5) is 32.1. The summed E-state index contributed by atoms with van der Waals surface area (Å²) in [6.45, 7) is 0.164. The average Bonchev–Trinajstić information content (AvgIpc) is 2.37. The molecule has 0 saturated heterocycles. The first-order valence-corrected chi connectivity index (χ1v) is 5.54. The fourth-order valence-corrected chi connectivity index (χ4v) is 1.48. The molecule has 0 heterocycles. The van der Waals surface area contributed by atoms with Crippen LogP contribution in [-0.4, -0.2) is 44.9 Å². The van der Waals surface area contributed by atoms with Crippen molar-refractivity contribution in [3.05, 3.63) is 29.8 Å². The third kappa shape index (κ3) is 3.23. The summed E-state index contributed by atoms with van der Waals surface area (Å²) in [6.07, 6.45) is -0.101. The molecule has 20 heavy (non-hydrogen) atoms. The Bertz CT molecular complexity index is 509. The van der Waals surface area contributed by atoms with E-state index < -0.39 is 23.5 Å². The summed E-state index contributed by atoms with van der Waals surface area (Å²) < 4.78 is 0. The number of carbonyl (C=O) groups is 3. The van der Waals surface area contributed by atoms with Crippen LogP contribution in [0.3, 0.4) is 0 Å². The molecule has 1 rings (SSSR count). The van der Waals surface area contributed by atoms with Crippen molar-refractivity contribution < 1.29 is 34.8 Å². The zero-order valence-corrected chi connectivity index (χ0v) is 10.2. The third-order valence-corrected chi connectivity index (χ3v) is 2.59. The number of carboxylic acids is 3. The summed E-state index contributed by atoms with van der Waals surface area (Å²) in [6, 6.07) is 5.00. The predicted molar refractivity (Wildman–Crippen MR) is 66.4 cm³/mol. The lowest BCUT2D eigenvalue weighted by Gasteiger charge is -2.19. The van der Waals surface area contributed by atoms with E-state index in [1.807, 2.05) is 0 Å². The van der Waals surface area contributed by atoms with Crippen molar-refractivity contribution in [3.8, 4) is 0 Å². The molecule has 0 amide bonds. The van der Waals surface area contributed by atoms with Crippen LogP contribution in [0.2, 0.25) is 0 Å². The van der Waals surface area contributed by atoms with Crippen LogP contribution in [0.5, 0.6) is 0 Å². The average molecular weight is 283 g/mol. The first kappa shape index (κ1) is 15.4. The first-order chi connectivity index (χ1) is 9.28. The van der Waals surface area contributed by atoms with Gasteiger partial charge in [-0.25, -0.2) is 9.59 Å². The number of anilines is 1. The van der Waals surface area contributed by atoms with Crippen molar-refractivity contribution in [2.75, 3.05) is 11.9 Å². The molecule has 0 radical (unpaired) electrons. The van der Waals surface area contributed by atoms with Crippen molar-refractivity contribution in [1.82, 2.24) is 0 Å². The fourth-order valence-electron chi connectivity index (χ4n) is 1.48. The number of benzene rings is 1. The van der Waals surface area contributed by atoms with Gasteiger partial charge < -0.3 is 25.7 Å². The minimum atomic E-state index is -3.01. The molecule has 108 valence electrons. The van der Waals surface area contributed by atoms with Gasteiger partial charge in [0.15, 0.2) is 0 Å². The van der Waals surface area contributed by atoms with Gasteiger partial charge in [-0.15, -0.1) is 0 Å². The van der Waals surface area contributed by atoms with Crippen LogP contribution in [0.25, 0.3) is 0 Å². The standard InChI is InChI=1S/C12H13NO7/c14-9(15)5-6-13-8-3-1-7(2-4-8)12(20,10(16)17)11(18)19/h1-4,13,20H,5-6H2,(H,14,15)(H,16,17)(H,18,19). The lowest BCUT2D eigenvalue weighted by Crippen LogP contribution is -2.43. The summed E-state index contributed by atoms with van der Waals surface area (Å²) in [5.41, 5.74) is -2.84. The monoisotopic (exact) mass is 283 g/mol. The molecule has 8 nitrogen and oxygen atoms in total.